The topological polar surface area (TPSA) is 274 Å². The normalized spacial score (nSPS) is 16.2. The molecule has 0 radical (unpaired) electrons. The van der Waals surface area contributed by atoms with Crippen molar-refractivity contribution in [2.75, 3.05) is 61.6 Å². The third kappa shape index (κ3) is 12.2. The number of hydrogen-bond donors (Lipinski definition) is 3. The van der Waals surface area contributed by atoms with Crippen LogP contribution in [0, 0.1) is 20.2 Å². The number of para-hydroxylation sites is 2. The monoisotopic (exact) mass is 1060 g/mol. The number of phenolic OH excluding ortho intramolecular Hbond substituents is 1. The number of carboxylic acids is 1. The minimum absolute atomic E-state index is 0. The summed E-state index contributed by atoms with van der Waals surface area (Å²) in [7, 11) is -7.58. The third-order valence-corrected chi connectivity index (χ3v) is 13.8. The van der Waals surface area contributed by atoms with Crippen molar-refractivity contribution in [3.05, 3.63) is 154 Å². The van der Waals surface area contributed by atoms with Crippen molar-refractivity contribution in [1.82, 2.24) is 4.58 Å². The van der Waals surface area contributed by atoms with Gasteiger partial charge in [0.25, 0.3) is 21.5 Å². The second kappa shape index (κ2) is 22.7. The molecule has 21 heteroatoms. The first-order valence-electron chi connectivity index (χ1n) is 24.2. The summed E-state index contributed by atoms with van der Waals surface area (Å²) >= 11 is 0. The number of carboxylic acid groups (broad SMARTS) is 1. The molecule has 0 atom stereocenters. The molecule has 0 aromatic heterocycles. The maximum Gasteiger partial charge on any atom is 0.342 e. The van der Waals surface area contributed by atoms with Gasteiger partial charge in [0.1, 0.15) is 35.9 Å². The minimum Gasteiger partial charge on any atom is -0.748 e. The Morgan fingerprint density at radius 2 is 1.16 bits per heavy atom. The van der Waals surface area contributed by atoms with Gasteiger partial charge in [-0.1, -0.05) is 37.8 Å². The number of phenols is 1. The standard InChI is InChI=1S/C31H30N3O3.C12H15NO.C7H5NO4.2CH4O3S.CH4.H2/c35-34(36)26-12-2-1-9-21(26)27-24-17-19-7-3-13-32-15-5-10-22(28(19)32)30(24)37-31-23-11-6-16-33-14-4-8-20(29(23)33)18-25(27)31;14-11-6-5-9-3-1-7-13-8-2-4-10(11)12(9)13;9-7(10)5-3-1-2-4-6(5)8(11)12;2*1-5(2,3)4;;/h1-2,9,12,17-18H,3-8,10-11,13-16H2;5-6,14H,1-4,7-8H2;1-4H,(H,9,10);2*1H3,(H,2,3,4);1H4;1H/q+1;;;;;;/p-1/i;;;;;;1+1. The highest BCUT2D eigenvalue weighted by atomic mass is 32.2. The fourth-order valence-electron chi connectivity index (χ4n) is 11.2. The zero-order valence-corrected chi connectivity index (χ0v) is 42.2. The number of fused-ring (bicyclic) bond motifs is 4. The van der Waals surface area contributed by atoms with Gasteiger partial charge in [0, 0.05) is 103 Å². The van der Waals surface area contributed by atoms with Crippen LogP contribution in [0.25, 0.3) is 5.57 Å². The predicted octanol–water partition coefficient (Wildman–Crippen LogP) is 6.96. The Balaban J connectivity index is 0.000000197. The molecule has 0 amide bonds. The van der Waals surface area contributed by atoms with Gasteiger partial charge in [0.15, 0.2) is 0 Å². The molecule has 0 saturated carbocycles. The van der Waals surface area contributed by atoms with Crippen LogP contribution < -0.4 is 29.7 Å². The second-order valence-corrected chi connectivity index (χ2v) is 21.8. The number of rotatable bonds is 4. The van der Waals surface area contributed by atoms with E-state index >= 15 is 0 Å². The number of ether oxygens (including phenoxy) is 1. The lowest BCUT2D eigenvalue weighted by Gasteiger charge is -2.39. The van der Waals surface area contributed by atoms with Crippen LogP contribution in [0.5, 0.6) is 17.2 Å². The zero-order chi connectivity index (χ0) is 52.4. The van der Waals surface area contributed by atoms with Crippen LogP contribution in [-0.4, -0.2) is 104 Å². The predicted molar refractivity (Wildman–Crippen MR) is 282 cm³/mol. The summed E-state index contributed by atoms with van der Waals surface area (Å²) in [5.74, 6) is 1.09. The van der Waals surface area contributed by atoms with Gasteiger partial charge in [-0.15, -0.1) is 0 Å². The van der Waals surface area contributed by atoms with Crippen LogP contribution >= 0.6 is 0 Å². The van der Waals surface area contributed by atoms with E-state index < -0.39 is 31.1 Å². The van der Waals surface area contributed by atoms with E-state index in [1.54, 1.807) is 12.1 Å². The molecule has 74 heavy (non-hydrogen) atoms. The van der Waals surface area contributed by atoms with Crippen molar-refractivity contribution in [3.63, 3.8) is 0 Å². The molecule has 0 aliphatic carbocycles. The van der Waals surface area contributed by atoms with Crippen LogP contribution in [0.1, 0.15) is 102 Å². The molecule has 0 bridgehead atoms. The highest BCUT2D eigenvalue weighted by Gasteiger charge is 2.37. The summed E-state index contributed by atoms with van der Waals surface area (Å²) in [5.41, 5.74) is 12.9. The van der Waals surface area contributed by atoms with Crippen molar-refractivity contribution in [2.24, 2.45) is 0 Å². The fraction of sp³-hybridized carbons (Fsp3) is 0.396. The number of benzene rings is 5. The second-order valence-electron chi connectivity index (χ2n) is 18.9. The molecule has 3 N–H and O–H groups in total. The Morgan fingerprint density at radius 3 is 1.76 bits per heavy atom. The average molecular weight is 1060 g/mol. The van der Waals surface area contributed by atoms with E-state index in [0.29, 0.717) is 23.8 Å². The molecule has 12 rings (SSSR count). The summed E-state index contributed by atoms with van der Waals surface area (Å²) in [6.07, 6.45) is 14.6. The van der Waals surface area contributed by atoms with Crippen molar-refractivity contribution < 1.29 is 57.0 Å². The number of carbonyl (C=O) groups is 1. The molecule has 0 spiro atoms. The Morgan fingerprint density at radius 1 is 0.662 bits per heavy atom. The first-order chi connectivity index (χ1) is 34.7. The number of nitrogens with zero attached hydrogens (tertiary/aromatic N) is 5. The van der Waals surface area contributed by atoms with Crippen molar-refractivity contribution >= 4 is 54.5 Å². The van der Waals surface area contributed by atoms with E-state index in [4.69, 9.17) is 27.4 Å². The number of nitro benzene ring substituents is 2. The fourth-order valence-corrected chi connectivity index (χ4v) is 11.2. The largest absolute Gasteiger partial charge is 0.748 e. The maximum atomic E-state index is 12.3. The molecule has 7 heterocycles. The van der Waals surface area contributed by atoms with Gasteiger partial charge in [-0.05, 0) is 106 Å². The molecule has 7 aliphatic rings. The smallest absolute Gasteiger partial charge is 0.342 e. The number of aryl methyl sites for hydroxylation is 3. The molecule has 0 fully saturated rings. The first-order valence-corrected chi connectivity index (χ1v) is 27.9. The molecular weight excluding hydrogens is 995 g/mol. The lowest BCUT2D eigenvalue weighted by molar-refractivity contribution is -0.385. The zero-order valence-electron chi connectivity index (χ0n) is 40.5. The van der Waals surface area contributed by atoms with Crippen LogP contribution in [0.2, 0.25) is 0 Å². The SMILES string of the molecule is C.CS(=O)(=O)O.CS(=O)(=O)[O-].O=C(O)c1ccccc1[N+](=O)[O-].O=[N+]([O-])c1ccccc1C1=c2cc3c4c(c2Oc2c1cc1c5c2CCCN5CCC1)CCC[N+]=4CCC3.Oc1ccc2c3c1CCCN3CCC2.[2HH]. The van der Waals surface area contributed by atoms with Crippen molar-refractivity contribution in [1.29, 1.82) is 0 Å². The number of aromatic hydroxyl groups is 1. The van der Waals surface area contributed by atoms with Gasteiger partial charge < -0.3 is 29.3 Å². The Kier molecular flexibility index (Phi) is 16.8. The van der Waals surface area contributed by atoms with Crippen LogP contribution in [0.3, 0.4) is 0 Å². The molecule has 5 aromatic carbocycles. The van der Waals surface area contributed by atoms with E-state index in [9.17, 15) is 38.5 Å². The summed E-state index contributed by atoms with van der Waals surface area (Å²) in [5, 5.41) is 43.2. The number of anilines is 2. The Hall–Kier alpha value is -6.94. The molecule has 19 nitrogen and oxygen atoms in total. The summed E-state index contributed by atoms with van der Waals surface area (Å²) < 4.78 is 62.7. The van der Waals surface area contributed by atoms with Crippen LogP contribution in [-0.2, 0) is 58.8 Å². The quantitative estimate of drug-likeness (QED) is 0.0696. The van der Waals surface area contributed by atoms with E-state index in [-0.39, 0.29) is 30.7 Å². The average Bonchev–Trinajstić information content (AvgIpc) is 3.34. The Labute approximate surface area is 431 Å². The lowest BCUT2D eigenvalue weighted by atomic mass is 9.82. The Bertz CT molecular complexity index is 3320. The molecule has 396 valence electrons. The van der Waals surface area contributed by atoms with Gasteiger partial charge in [-0.2, -0.15) is 8.42 Å². The molecular formula is C53H63N5O14S2. The lowest BCUT2D eigenvalue weighted by Crippen LogP contribution is -2.45. The number of hydrogen-bond acceptors (Lipinski definition) is 14. The van der Waals surface area contributed by atoms with Crippen molar-refractivity contribution in [2.45, 2.75) is 84.5 Å². The summed E-state index contributed by atoms with van der Waals surface area (Å²) in [4.78, 5) is 37.0. The molecule has 0 saturated heterocycles. The van der Waals surface area contributed by atoms with Gasteiger partial charge >= 0.3 is 5.97 Å². The van der Waals surface area contributed by atoms with Crippen molar-refractivity contribution in [3.8, 4) is 17.2 Å². The van der Waals surface area contributed by atoms with Gasteiger partial charge in [0.2, 0.25) is 5.36 Å². The summed E-state index contributed by atoms with van der Waals surface area (Å²) in [6.45, 7) is 6.74. The highest BCUT2D eigenvalue weighted by molar-refractivity contribution is 7.85. The highest BCUT2D eigenvalue weighted by Crippen LogP contribution is 2.49. The molecule has 0 unspecified atom stereocenters. The molecule has 5 aromatic rings. The molecule has 7 aliphatic heterocycles. The van der Waals surface area contributed by atoms with Gasteiger partial charge in [-0.25, -0.2) is 17.8 Å². The van der Waals surface area contributed by atoms with Gasteiger partial charge in [0.05, 0.1) is 37.3 Å². The third-order valence-electron chi connectivity index (χ3n) is 13.8. The van der Waals surface area contributed by atoms with Gasteiger partial charge in [-0.3, -0.25) is 24.8 Å². The minimum atomic E-state index is -3.92. The van der Waals surface area contributed by atoms with E-state index in [0.717, 1.165) is 118 Å². The number of nitro groups is 2. The summed E-state index contributed by atoms with van der Waals surface area (Å²) in [6, 6.07) is 21.0. The van der Waals surface area contributed by atoms with Crippen LogP contribution in [0.15, 0.2) is 72.8 Å². The number of aromatic carboxylic acids is 1. The van der Waals surface area contributed by atoms with E-state index in [1.165, 1.54) is 101 Å². The maximum absolute atomic E-state index is 12.3. The van der Waals surface area contributed by atoms with E-state index in [2.05, 4.69) is 32.6 Å². The van der Waals surface area contributed by atoms with Crippen LogP contribution in [0.4, 0.5) is 22.7 Å². The first kappa shape index (κ1) is 54.8. The van der Waals surface area contributed by atoms with E-state index in [1.807, 2.05) is 18.2 Å².